The monoisotopic (exact) mass is 401 g/mol. The van der Waals surface area contributed by atoms with Gasteiger partial charge in [-0.05, 0) is 44.0 Å². The topological polar surface area (TPSA) is 109 Å². The van der Waals surface area contributed by atoms with Crippen molar-refractivity contribution in [2.75, 3.05) is 5.32 Å². The fourth-order valence-corrected chi connectivity index (χ4v) is 3.21. The maximum atomic E-state index is 12.6. The molecule has 7 heteroatoms. The second-order valence-corrected chi connectivity index (χ2v) is 6.91. The SMILES string of the molecule is Cc1cc(C)c(NC(=O)/C(C#N)=C/c2ccc(-c3cccc([N+](=O)[O-])c3)o2)c(C)c1. The molecule has 0 atom stereocenters. The maximum absolute atomic E-state index is 12.6. The molecule has 3 rings (SSSR count). The maximum Gasteiger partial charge on any atom is 0.270 e. The molecule has 0 bridgehead atoms. The molecule has 0 spiro atoms. The number of rotatable bonds is 5. The van der Waals surface area contributed by atoms with Gasteiger partial charge in [-0.25, -0.2) is 0 Å². The normalized spacial score (nSPS) is 11.1. The molecule has 0 saturated carbocycles. The van der Waals surface area contributed by atoms with Crippen molar-refractivity contribution in [3.63, 3.8) is 0 Å². The van der Waals surface area contributed by atoms with Crippen molar-refractivity contribution in [1.82, 2.24) is 0 Å². The smallest absolute Gasteiger partial charge is 0.270 e. The van der Waals surface area contributed by atoms with E-state index in [-0.39, 0.29) is 11.3 Å². The Labute approximate surface area is 173 Å². The van der Waals surface area contributed by atoms with E-state index in [9.17, 15) is 20.2 Å². The first-order valence-corrected chi connectivity index (χ1v) is 9.14. The largest absolute Gasteiger partial charge is 0.457 e. The van der Waals surface area contributed by atoms with Crippen molar-refractivity contribution in [2.45, 2.75) is 20.8 Å². The molecule has 1 N–H and O–H groups in total. The van der Waals surface area contributed by atoms with Crippen LogP contribution in [0.5, 0.6) is 0 Å². The van der Waals surface area contributed by atoms with Crippen LogP contribution in [0.25, 0.3) is 17.4 Å². The molecule has 0 aliphatic heterocycles. The fourth-order valence-electron chi connectivity index (χ4n) is 3.21. The van der Waals surface area contributed by atoms with Gasteiger partial charge in [0.15, 0.2) is 0 Å². The van der Waals surface area contributed by atoms with E-state index in [4.69, 9.17) is 4.42 Å². The molecule has 0 saturated heterocycles. The molecule has 0 aliphatic rings. The minimum absolute atomic E-state index is 0.0538. The van der Waals surface area contributed by atoms with Crippen molar-refractivity contribution in [2.24, 2.45) is 0 Å². The number of hydrogen-bond donors (Lipinski definition) is 1. The highest BCUT2D eigenvalue weighted by molar-refractivity contribution is 6.10. The van der Waals surface area contributed by atoms with Crippen LogP contribution >= 0.6 is 0 Å². The molecule has 7 nitrogen and oxygen atoms in total. The van der Waals surface area contributed by atoms with Crippen LogP contribution in [-0.4, -0.2) is 10.8 Å². The van der Waals surface area contributed by atoms with Crippen molar-refractivity contribution in [3.05, 3.63) is 86.7 Å². The lowest BCUT2D eigenvalue weighted by molar-refractivity contribution is -0.384. The number of benzene rings is 2. The zero-order valence-electron chi connectivity index (χ0n) is 16.7. The van der Waals surface area contributed by atoms with Crippen LogP contribution in [0.1, 0.15) is 22.5 Å². The van der Waals surface area contributed by atoms with Crippen LogP contribution in [-0.2, 0) is 4.79 Å². The number of non-ortho nitro benzene ring substituents is 1. The molecule has 30 heavy (non-hydrogen) atoms. The highest BCUT2D eigenvalue weighted by Gasteiger charge is 2.15. The lowest BCUT2D eigenvalue weighted by Gasteiger charge is -2.12. The van der Waals surface area contributed by atoms with E-state index in [1.807, 2.05) is 39.0 Å². The summed E-state index contributed by atoms with van der Waals surface area (Å²) < 4.78 is 5.67. The van der Waals surface area contributed by atoms with E-state index < -0.39 is 10.8 Å². The van der Waals surface area contributed by atoms with Crippen molar-refractivity contribution in [1.29, 1.82) is 5.26 Å². The van der Waals surface area contributed by atoms with E-state index in [1.54, 1.807) is 24.3 Å². The molecule has 0 radical (unpaired) electrons. The summed E-state index contributed by atoms with van der Waals surface area (Å²) >= 11 is 0. The minimum atomic E-state index is -0.541. The summed E-state index contributed by atoms with van der Waals surface area (Å²) in [5.74, 6) is 0.147. The number of furan rings is 1. The molecule has 1 amide bonds. The van der Waals surface area contributed by atoms with E-state index in [1.165, 1.54) is 18.2 Å². The lowest BCUT2D eigenvalue weighted by Crippen LogP contribution is -2.15. The summed E-state index contributed by atoms with van der Waals surface area (Å²) in [5.41, 5.74) is 3.92. The first-order valence-electron chi connectivity index (χ1n) is 9.14. The van der Waals surface area contributed by atoms with Crippen LogP contribution < -0.4 is 5.32 Å². The van der Waals surface area contributed by atoms with Crippen molar-refractivity contribution < 1.29 is 14.1 Å². The molecule has 2 aromatic carbocycles. The summed E-state index contributed by atoms with van der Waals surface area (Å²) in [6.45, 7) is 5.76. The summed E-state index contributed by atoms with van der Waals surface area (Å²) in [7, 11) is 0. The predicted molar refractivity (Wildman–Crippen MR) is 114 cm³/mol. The van der Waals surface area contributed by atoms with Gasteiger partial charge in [0.1, 0.15) is 23.2 Å². The molecule has 150 valence electrons. The first kappa shape index (κ1) is 20.6. The number of nitro groups is 1. The van der Waals surface area contributed by atoms with Gasteiger partial charge in [0.2, 0.25) is 0 Å². The van der Waals surface area contributed by atoms with Gasteiger partial charge in [-0.1, -0.05) is 29.8 Å². The Balaban J connectivity index is 1.85. The van der Waals surface area contributed by atoms with Crippen molar-refractivity contribution >= 4 is 23.4 Å². The van der Waals surface area contributed by atoms with Crippen molar-refractivity contribution in [3.8, 4) is 17.4 Å². The standard InChI is InChI=1S/C23H19N3O4/c1-14-9-15(2)22(16(3)10-14)25-23(27)18(13-24)12-20-7-8-21(30-20)17-5-4-6-19(11-17)26(28)29/h4-12H,1-3H3,(H,25,27)/b18-12+. The second-order valence-electron chi connectivity index (χ2n) is 6.91. The van der Waals surface area contributed by atoms with Gasteiger partial charge < -0.3 is 9.73 Å². The third kappa shape index (κ3) is 4.45. The van der Waals surface area contributed by atoms with Gasteiger partial charge in [-0.3, -0.25) is 14.9 Å². The third-order valence-electron chi connectivity index (χ3n) is 4.54. The Morgan fingerprint density at radius 1 is 1.13 bits per heavy atom. The number of amides is 1. The van der Waals surface area contributed by atoms with Crippen LogP contribution in [0, 0.1) is 42.2 Å². The molecular formula is C23H19N3O4. The Hall–Kier alpha value is -4.18. The Bertz CT molecular complexity index is 1190. The second kappa shape index (κ2) is 8.45. The van der Waals surface area contributed by atoms with E-state index in [2.05, 4.69) is 5.32 Å². The summed E-state index contributed by atoms with van der Waals surface area (Å²) in [5, 5.41) is 23.2. The van der Waals surface area contributed by atoms with Crippen LogP contribution in [0.2, 0.25) is 0 Å². The first-order chi connectivity index (χ1) is 14.3. The van der Waals surface area contributed by atoms with Crippen LogP contribution in [0.15, 0.2) is 58.5 Å². The molecular weight excluding hydrogens is 382 g/mol. The number of carbonyl (C=O) groups excluding carboxylic acids is 1. The number of nitrogens with zero attached hydrogens (tertiary/aromatic N) is 2. The molecule has 0 aliphatic carbocycles. The highest BCUT2D eigenvalue weighted by Crippen LogP contribution is 2.27. The zero-order chi connectivity index (χ0) is 21.8. The molecule has 0 fully saturated rings. The molecule has 0 unspecified atom stereocenters. The third-order valence-corrected chi connectivity index (χ3v) is 4.54. The zero-order valence-corrected chi connectivity index (χ0v) is 16.7. The number of nitro benzene ring substituents is 1. The minimum Gasteiger partial charge on any atom is -0.457 e. The van der Waals surface area contributed by atoms with Gasteiger partial charge in [-0.2, -0.15) is 5.26 Å². The molecule has 1 aromatic heterocycles. The number of nitriles is 1. The average molecular weight is 401 g/mol. The number of hydrogen-bond acceptors (Lipinski definition) is 5. The van der Waals surface area contributed by atoms with E-state index in [0.29, 0.717) is 22.8 Å². The summed E-state index contributed by atoms with van der Waals surface area (Å²) in [4.78, 5) is 23.1. The number of carbonyl (C=O) groups is 1. The van der Waals surface area contributed by atoms with Gasteiger partial charge in [0.05, 0.1) is 4.92 Å². The van der Waals surface area contributed by atoms with Crippen LogP contribution in [0.3, 0.4) is 0 Å². The lowest BCUT2D eigenvalue weighted by atomic mass is 10.0. The Morgan fingerprint density at radius 2 is 1.83 bits per heavy atom. The predicted octanol–water partition coefficient (Wildman–Crippen LogP) is 5.33. The number of nitrogens with one attached hydrogen (secondary N) is 1. The average Bonchev–Trinajstić information content (AvgIpc) is 3.17. The number of aryl methyl sites for hydroxylation is 3. The highest BCUT2D eigenvalue weighted by atomic mass is 16.6. The quantitative estimate of drug-likeness (QED) is 0.269. The summed E-state index contributed by atoms with van der Waals surface area (Å²) in [6.07, 6.45) is 1.34. The van der Waals surface area contributed by atoms with Gasteiger partial charge in [-0.15, -0.1) is 0 Å². The van der Waals surface area contributed by atoms with Gasteiger partial charge in [0, 0.05) is 29.5 Å². The summed E-state index contributed by atoms with van der Waals surface area (Å²) in [6, 6.07) is 15.1. The van der Waals surface area contributed by atoms with Crippen LogP contribution in [0.4, 0.5) is 11.4 Å². The molecule has 1 heterocycles. The van der Waals surface area contributed by atoms with E-state index >= 15 is 0 Å². The Kier molecular flexibility index (Phi) is 5.79. The van der Waals surface area contributed by atoms with Gasteiger partial charge >= 0.3 is 0 Å². The molecule has 3 aromatic rings. The Morgan fingerprint density at radius 3 is 2.47 bits per heavy atom. The number of anilines is 1. The van der Waals surface area contributed by atoms with Gasteiger partial charge in [0.25, 0.3) is 11.6 Å². The fraction of sp³-hybridized carbons (Fsp3) is 0.130. The van der Waals surface area contributed by atoms with E-state index in [0.717, 1.165) is 16.7 Å².